The van der Waals surface area contributed by atoms with E-state index >= 15 is 0 Å². The van der Waals surface area contributed by atoms with Gasteiger partial charge in [0, 0.05) is 43.8 Å². The van der Waals surface area contributed by atoms with E-state index in [9.17, 15) is 22.0 Å². The Kier molecular flexibility index (Phi) is 6.14. The molecule has 3 fully saturated rings. The molecule has 1 N–H and O–H groups in total. The standard InChI is InChI=1S/C21H28F2N2O4S/c22-15-6-7-19(18(23)12-15)30(27,28)25-13-17(21(14-25)8-10-29-11-9-21)20(26)24-16-4-2-1-3-5-16/h6-7,12,16-17H,1-5,8-11,13-14H2,(H,24,26). The van der Waals surface area contributed by atoms with Gasteiger partial charge in [0.1, 0.15) is 16.5 Å². The molecule has 1 aromatic rings. The van der Waals surface area contributed by atoms with Crippen molar-refractivity contribution in [2.45, 2.75) is 55.9 Å². The first kappa shape index (κ1) is 21.6. The largest absolute Gasteiger partial charge is 0.381 e. The zero-order chi connectivity index (χ0) is 21.4. The van der Waals surface area contributed by atoms with Crippen molar-refractivity contribution in [1.82, 2.24) is 9.62 Å². The average Bonchev–Trinajstić information content (AvgIpc) is 3.08. The summed E-state index contributed by atoms with van der Waals surface area (Å²) in [5.74, 6) is -2.59. The van der Waals surface area contributed by atoms with Gasteiger partial charge < -0.3 is 10.1 Å². The predicted molar refractivity (Wildman–Crippen MR) is 106 cm³/mol. The fourth-order valence-corrected chi connectivity index (χ4v) is 6.72. The number of benzene rings is 1. The number of hydrogen-bond donors (Lipinski definition) is 1. The molecule has 1 saturated carbocycles. The highest BCUT2D eigenvalue weighted by molar-refractivity contribution is 7.89. The van der Waals surface area contributed by atoms with Gasteiger partial charge in [0.15, 0.2) is 0 Å². The van der Waals surface area contributed by atoms with Crippen molar-refractivity contribution < 1.29 is 26.7 Å². The van der Waals surface area contributed by atoms with Crippen molar-refractivity contribution in [3.05, 3.63) is 29.8 Å². The lowest BCUT2D eigenvalue weighted by atomic mass is 9.71. The van der Waals surface area contributed by atoms with Crippen LogP contribution in [-0.4, -0.2) is 51.0 Å². The van der Waals surface area contributed by atoms with Crippen molar-refractivity contribution in [2.75, 3.05) is 26.3 Å². The first-order valence-corrected chi connectivity index (χ1v) is 12.1. The molecule has 6 nitrogen and oxygen atoms in total. The molecule has 0 aromatic heterocycles. The summed E-state index contributed by atoms with van der Waals surface area (Å²) in [4.78, 5) is 12.7. The number of halogens is 2. The summed E-state index contributed by atoms with van der Waals surface area (Å²) in [6.07, 6.45) is 6.38. The first-order valence-electron chi connectivity index (χ1n) is 10.7. The molecule has 2 saturated heterocycles. The number of ether oxygens (including phenoxy) is 1. The maximum absolute atomic E-state index is 14.3. The average molecular weight is 443 g/mol. The highest BCUT2D eigenvalue weighted by Gasteiger charge is 2.54. The number of carbonyl (C=O) groups excluding carboxylic acids is 1. The van der Waals surface area contributed by atoms with Crippen molar-refractivity contribution in [1.29, 1.82) is 0 Å². The highest BCUT2D eigenvalue weighted by atomic mass is 32.2. The molecule has 9 heteroatoms. The van der Waals surface area contributed by atoms with E-state index in [-0.39, 0.29) is 25.0 Å². The van der Waals surface area contributed by atoms with Crippen LogP contribution in [0.25, 0.3) is 0 Å². The van der Waals surface area contributed by atoms with Gasteiger partial charge in [-0.1, -0.05) is 19.3 Å². The molecule has 1 amide bonds. The van der Waals surface area contributed by atoms with Crippen LogP contribution in [0.15, 0.2) is 23.1 Å². The van der Waals surface area contributed by atoms with Crippen molar-refractivity contribution >= 4 is 15.9 Å². The molecule has 3 aliphatic rings. The minimum absolute atomic E-state index is 0.00228. The highest BCUT2D eigenvalue weighted by Crippen LogP contribution is 2.46. The summed E-state index contributed by atoms with van der Waals surface area (Å²) >= 11 is 0. The van der Waals surface area contributed by atoms with Crippen LogP contribution in [0.2, 0.25) is 0 Å². The molecular weight excluding hydrogens is 414 g/mol. The van der Waals surface area contributed by atoms with Crippen LogP contribution in [0.5, 0.6) is 0 Å². The lowest BCUT2D eigenvalue weighted by Gasteiger charge is -2.38. The molecule has 1 aromatic carbocycles. The molecule has 4 rings (SSSR count). The van der Waals surface area contributed by atoms with E-state index in [0.29, 0.717) is 32.1 Å². The normalized spacial score (nSPS) is 25.5. The minimum atomic E-state index is -4.19. The van der Waals surface area contributed by atoms with E-state index in [2.05, 4.69) is 5.32 Å². The van der Waals surface area contributed by atoms with Gasteiger partial charge in [-0.15, -0.1) is 0 Å². The van der Waals surface area contributed by atoms with Gasteiger partial charge in [-0.2, -0.15) is 4.31 Å². The van der Waals surface area contributed by atoms with Gasteiger partial charge >= 0.3 is 0 Å². The predicted octanol–water partition coefficient (Wildman–Crippen LogP) is 2.83. The quantitative estimate of drug-likeness (QED) is 0.778. The Hall–Kier alpha value is -1.58. The van der Waals surface area contributed by atoms with Gasteiger partial charge in [0.25, 0.3) is 0 Å². The summed E-state index contributed by atoms with van der Waals surface area (Å²) in [6, 6.07) is 2.58. The molecule has 1 aliphatic carbocycles. The zero-order valence-electron chi connectivity index (χ0n) is 16.9. The topological polar surface area (TPSA) is 75.7 Å². The number of nitrogens with zero attached hydrogens (tertiary/aromatic N) is 1. The van der Waals surface area contributed by atoms with E-state index in [1.165, 1.54) is 10.7 Å². The molecule has 1 spiro atoms. The van der Waals surface area contributed by atoms with Crippen molar-refractivity contribution in [3.63, 3.8) is 0 Å². The summed E-state index contributed by atoms with van der Waals surface area (Å²) in [5.41, 5.74) is -0.527. The summed E-state index contributed by atoms with van der Waals surface area (Å²) < 4.78 is 60.5. The van der Waals surface area contributed by atoms with Gasteiger partial charge in [-0.3, -0.25) is 4.79 Å². The van der Waals surface area contributed by atoms with Gasteiger partial charge in [-0.05, 0) is 37.8 Å². The Bertz CT molecular complexity index is 896. The number of hydrogen-bond acceptors (Lipinski definition) is 4. The fraction of sp³-hybridized carbons (Fsp3) is 0.667. The SMILES string of the molecule is O=C(NC1CCCCC1)C1CN(S(=O)(=O)c2ccc(F)cc2F)CC12CCOCC2. The van der Waals surface area contributed by atoms with Gasteiger partial charge in [0.2, 0.25) is 15.9 Å². The molecule has 30 heavy (non-hydrogen) atoms. The summed E-state index contributed by atoms with van der Waals surface area (Å²) in [5, 5.41) is 3.14. The van der Waals surface area contributed by atoms with E-state index in [1.807, 2.05) is 0 Å². The number of sulfonamides is 1. The van der Waals surface area contributed by atoms with E-state index in [4.69, 9.17) is 4.74 Å². The Morgan fingerprint density at radius 2 is 1.83 bits per heavy atom. The number of rotatable bonds is 4. The van der Waals surface area contributed by atoms with Crippen LogP contribution in [0.1, 0.15) is 44.9 Å². The monoisotopic (exact) mass is 442 g/mol. The van der Waals surface area contributed by atoms with Crippen molar-refractivity contribution in [3.8, 4) is 0 Å². The zero-order valence-corrected chi connectivity index (χ0v) is 17.7. The van der Waals surface area contributed by atoms with Crippen LogP contribution < -0.4 is 5.32 Å². The van der Waals surface area contributed by atoms with Crippen LogP contribution in [-0.2, 0) is 19.6 Å². The molecule has 2 heterocycles. The van der Waals surface area contributed by atoms with E-state index in [1.54, 1.807) is 0 Å². The van der Waals surface area contributed by atoms with Gasteiger partial charge in [0.05, 0.1) is 5.92 Å². The Morgan fingerprint density at radius 1 is 1.13 bits per heavy atom. The van der Waals surface area contributed by atoms with Crippen LogP contribution >= 0.6 is 0 Å². The third-order valence-corrected chi connectivity index (χ3v) is 8.73. The maximum Gasteiger partial charge on any atom is 0.246 e. The molecule has 1 unspecified atom stereocenters. The molecule has 166 valence electrons. The second kappa shape index (κ2) is 8.51. The third kappa shape index (κ3) is 4.11. The summed E-state index contributed by atoms with van der Waals surface area (Å²) in [7, 11) is -4.19. The van der Waals surface area contributed by atoms with Gasteiger partial charge in [-0.25, -0.2) is 17.2 Å². The van der Waals surface area contributed by atoms with Crippen LogP contribution in [0.4, 0.5) is 8.78 Å². The molecule has 0 radical (unpaired) electrons. The number of nitrogens with one attached hydrogen (secondary N) is 1. The molecule has 0 bridgehead atoms. The number of carbonyl (C=O) groups is 1. The Morgan fingerprint density at radius 3 is 2.50 bits per heavy atom. The molecular formula is C21H28F2N2O4S. The minimum Gasteiger partial charge on any atom is -0.381 e. The van der Waals surface area contributed by atoms with Crippen molar-refractivity contribution in [2.24, 2.45) is 11.3 Å². The Balaban J connectivity index is 1.59. The van der Waals surface area contributed by atoms with E-state index in [0.717, 1.165) is 37.8 Å². The third-order valence-electron chi connectivity index (χ3n) is 6.89. The fourth-order valence-electron chi connectivity index (χ4n) is 5.12. The van der Waals surface area contributed by atoms with Crippen LogP contribution in [0, 0.1) is 23.0 Å². The molecule has 1 atom stereocenters. The van der Waals surface area contributed by atoms with E-state index < -0.39 is 37.9 Å². The first-order chi connectivity index (χ1) is 14.3. The lowest BCUT2D eigenvalue weighted by molar-refractivity contribution is -0.130. The second-order valence-corrected chi connectivity index (χ2v) is 10.6. The lowest BCUT2D eigenvalue weighted by Crippen LogP contribution is -2.47. The summed E-state index contributed by atoms with van der Waals surface area (Å²) in [6.45, 7) is 1.06. The second-order valence-electron chi connectivity index (χ2n) is 8.74. The maximum atomic E-state index is 14.3. The number of amides is 1. The Labute approximate surface area is 176 Å². The smallest absolute Gasteiger partial charge is 0.246 e. The molecule has 2 aliphatic heterocycles. The van der Waals surface area contributed by atoms with Crippen LogP contribution in [0.3, 0.4) is 0 Å².